The molecule has 4 rings (SSSR count). The third-order valence-electron chi connectivity index (χ3n) is 4.68. The lowest BCUT2D eigenvalue weighted by atomic mass is 10.1. The molecule has 1 aliphatic heterocycles. The van der Waals surface area contributed by atoms with E-state index < -0.39 is 54.1 Å². The third-order valence-corrected chi connectivity index (χ3v) is 4.68. The third kappa shape index (κ3) is 4.81. The number of esters is 1. The molecule has 0 bridgehead atoms. The number of hydrogen-bond donors (Lipinski definition) is 1. The molecule has 16 heteroatoms. The van der Waals surface area contributed by atoms with E-state index in [0.29, 0.717) is 26.4 Å². The number of carbonyl (C=O) groups is 1. The fraction of sp³-hybridized carbons (Fsp3) is 0.211. The van der Waals surface area contributed by atoms with Crippen LogP contribution in [0.2, 0.25) is 0 Å². The van der Waals surface area contributed by atoms with Crippen LogP contribution in [-0.4, -0.2) is 50.3 Å². The van der Waals surface area contributed by atoms with E-state index in [-0.39, 0.29) is 12.4 Å². The van der Waals surface area contributed by atoms with Gasteiger partial charge >= 0.3 is 17.8 Å². The molecule has 3 aromatic rings. The highest BCUT2D eigenvalue weighted by Crippen LogP contribution is 2.37. The Morgan fingerprint density at radius 1 is 1.11 bits per heavy atom. The first kappa shape index (κ1) is 23.8. The van der Waals surface area contributed by atoms with E-state index in [0.717, 1.165) is 12.3 Å². The number of rotatable bonds is 6. The van der Waals surface area contributed by atoms with E-state index in [4.69, 9.17) is 15.2 Å². The molecule has 184 valence electrons. The molecule has 1 aromatic carbocycles. The highest BCUT2D eigenvalue weighted by Gasteiger charge is 2.42. The van der Waals surface area contributed by atoms with Crippen LogP contribution in [0.3, 0.4) is 0 Å². The summed E-state index contributed by atoms with van der Waals surface area (Å²) in [6.45, 7) is -1.33. The molecule has 0 atom stereocenters. The Bertz CT molecular complexity index is 1380. The maximum Gasteiger partial charge on any atom is 0.491 e. The molecular weight excluding hydrogens is 487 g/mol. The highest BCUT2D eigenvalue weighted by atomic mass is 19.4. The Morgan fingerprint density at radius 2 is 1.86 bits per heavy atom. The highest BCUT2D eigenvalue weighted by molar-refractivity contribution is 5.79. The number of carbonyl (C=O) groups excluding carboxylic acids is 1. The molecule has 11 nitrogen and oxygen atoms in total. The zero-order valence-electron chi connectivity index (χ0n) is 17.3. The lowest BCUT2D eigenvalue weighted by Gasteiger charge is -2.11. The molecule has 1 aliphatic rings. The number of fused-ring (bicyclic) bond motifs is 1. The van der Waals surface area contributed by atoms with Crippen LogP contribution in [0, 0.1) is 0 Å². The Hall–Kier alpha value is -4.34. The number of tetrazole rings is 1. The van der Waals surface area contributed by atoms with Gasteiger partial charge in [-0.1, -0.05) is 6.07 Å². The molecule has 0 amide bonds. The second-order valence-electron chi connectivity index (χ2n) is 6.90. The number of hydrogen-bond acceptors (Lipinski definition) is 9. The van der Waals surface area contributed by atoms with Crippen molar-refractivity contribution in [3.8, 4) is 34.2 Å². The summed E-state index contributed by atoms with van der Waals surface area (Å²) in [5.74, 6) is -2.68. The normalized spacial score (nSPS) is 12.5. The summed E-state index contributed by atoms with van der Waals surface area (Å²) < 4.78 is 80.0. The summed E-state index contributed by atoms with van der Waals surface area (Å²) in [5, 5.41) is 6.95. The molecule has 0 radical (unpaired) electrons. The van der Waals surface area contributed by atoms with Gasteiger partial charge in [0, 0.05) is 23.9 Å². The molecule has 2 aromatic heterocycles. The van der Waals surface area contributed by atoms with E-state index >= 15 is 0 Å². The van der Waals surface area contributed by atoms with Crippen molar-refractivity contribution in [1.29, 1.82) is 0 Å². The Balaban J connectivity index is 1.80. The number of benzene rings is 1. The van der Waals surface area contributed by atoms with Crippen LogP contribution in [0.25, 0.3) is 16.8 Å². The average molecular weight is 500 g/mol. The van der Waals surface area contributed by atoms with Gasteiger partial charge in [-0.3, -0.25) is 0 Å². The predicted octanol–water partition coefficient (Wildman–Crippen LogP) is 1.80. The molecule has 0 saturated carbocycles. The van der Waals surface area contributed by atoms with Crippen LogP contribution >= 0.6 is 0 Å². The number of pyridine rings is 1. The van der Waals surface area contributed by atoms with E-state index in [1.54, 1.807) is 18.2 Å². The van der Waals surface area contributed by atoms with E-state index in [1.165, 1.54) is 0 Å². The largest absolute Gasteiger partial charge is 0.491 e. The SMILES string of the molecule is NCC(Cn1nnn(-c2cc(-c3ccc4c(c3)OCO4)cnc2OC(=O)C(F)(F)F)c1=O)=C(F)F. The monoisotopic (exact) mass is 500 g/mol. The molecule has 3 heterocycles. The molecule has 0 unspecified atom stereocenters. The average Bonchev–Trinajstić information content (AvgIpc) is 3.42. The molecule has 0 fully saturated rings. The van der Waals surface area contributed by atoms with Crippen LogP contribution in [0.1, 0.15) is 0 Å². The number of aromatic nitrogens is 5. The lowest BCUT2D eigenvalue weighted by molar-refractivity contribution is -0.190. The van der Waals surface area contributed by atoms with Gasteiger partial charge in [-0.25, -0.2) is 14.6 Å². The molecular formula is C19H13F5N6O5. The van der Waals surface area contributed by atoms with Crippen molar-refractivity contribution >= 4 is 5.97 Å². The van der Waals surface area contributed by atoms with Crippen molar-refractivity contribution in [1.82, 2.24) is 24.8 Å². The Kier molecular flexibility index (Phi) is 6.21. The minimum absolute atomic E-state index is 0.00811. The molecule has 0 saturated heterocycles. The first-order valence-electron chi connectivity index (χ1n) is 9.54. The Morgan fingerprint density at radius 3 is 2.54 bits per heavy atom. The fourth-order valence-electron chi connectivity index (χ4n) is 2.96. The van der Waals surface area contributed by atoms with Crippen molar-refractivity contribution in [3.05, 3.63) is 52.6 Å². The second-order valence-corrected chi connectivity index (χ2v) is 6.90. The quantitative estimate of drug-likeness (QED) is 0.397. The van der Waals surface area contributed by atoms with Gasteiger partial charge in [0.25, 0.3) is 6.08 Å². The lowest BCUT2D eigenvalue weighted by Crippen LogP contribution is -2.30. The van der Waals surface area contributed by atoms with Crippen LogP contribution in [0.4, 0.5) is 22.0 Å². The number of alkyl halides is 3. The van der Waals surface area contributed by atoms with Crippen LogP contribution in [0.15, 0.2) is 46.9 Å². The van der Waals surface area contributed by atoms with Crippen LogP contribution < -0.4 is 25.6 Å². The van der Waals surface area contributed by atoms with Gasteiger partial charge in [-0.15, -0.1) is 0 Å². The first-order chi connectivity index (χ1) is 16.6. The summed E-state index contributed by atoms with van der Waals surface area (Å²) >= 11 is 0. The summed E-state index contributed by atoms with van der Waals surface area (Å²) in [5.41, 5.74) is 3.68. The second kappa shape index (κ2) is 9.13. The smallest absolute Gasteiger partial charge is 0.454 e. The molecule has 0 spiro atoms. The van der Waals surface area contributed by atoms with Gasteiger partial charge in [0.15, 0.2) is 11.5 Å². The Labute approximate surface area is 191 Å². The van der Waals surface area contributed by atoms with Crippen molar-refractivity contribution in [2.24, 2.45) is 5.73 Å². The van der Waals surface area contributed by atoms with Gasteiger partial charge in [0.05, 0.1) is 6.54 Å². The van der Waals surface area contributed by atoms with E-state index in [9.17, 15) is 31.5 Å². The first-order valence-corrected chi connectivity index (χ1v) is 9.54. The van der Waals surface area contributed by atoms with E-state index in [1.807, 2.05) is 0 Å². The summed E-state index contributed by atoms with van der Waals surface area (Å²) in [4.78, 5) is 27.9. The fourth-order valence-corrected chi connectivity index (χ4v) is 2.96. The maximum atomic E-state index is 12.9. The minimum Gasteiger partial charge on any atom is -0.454 e. The van der Waals surface area contributed by atoms with Crippen molar-refractivity contribution < 1.29 is 41.0 Å². The maximum absolute atomic E-state index is 12.9. The molecule has 2 N–H and O–H groups in total. The molecule has 35 heavy (non-hydrogen) atoms. The number of halogens is 5. The van der Waals surface area contributed by atoms with E-state index in [2.05, 4.69) is 20.1 Å². The van der Waals surface area contributed by atoms with Crippen molar-refractivity contribution in [2.45, 2.75) is 12.7 Å². The predicted molar refractivity (Wildman–Crippen MR) is 105 cm³/mol. The zero-order valence-corrected chi connectivity index (χ0v) is 17.3. The minimum atomic E-state index is -5.36. The summed E-state index contributed by atoms with van der Waals surface area (Å²) in [7, 11) is 0. The topological polar surface area (TPSA) is 136 Å². The van der Waals surface area contributed by atoms with Gasteiger partial charge < -0.3 is 19.9 Å². The zero-order chi connectivity index (χ0) is 25.3. The van der Waals surface area contributed by atoms with Gasteiger partial charge in [0.1, 0.15) is 5.69 Å². The summed E-state index contributed by atoms with van der Waals surface area (Å²) in [6.07, 6.45) is -6.40. The van der Waals surface area contributed by atoms with Crippen molar-refractivity contribution in [3.63, 3.8) is 0 Å². The van der Waals surface area contributed by atoms with Crippen LogP contribution in [-0.2, 0) is 11.3 Å². The van der Waals surface area contributed by atoms with Gasteiger partial charge in [0.2, 0.25) is 12.7 Å². The van der Waals surface area contributed by atoms with Gasteiger partial charge in [-0.05, 0) is 34.2 Å². The van der Waals surface area contributed by atoms with Crippen LogP contribution in [0.5, 0.6) is 17.4 Å². The molecule has 0 aliphatic carbocycles. The number of nitrogens with two attached hydrogens (primary N) is 1. The van der Waals surface area contributed by atoms with Gasteiger partial charge in [-0.2, -0.15) is 31.3 Å². The van der Waals surface area contributed by atoms with Crippen molar-refractivity contribution in [2.75, 3.05) is 13.3 Å². The number of nitrogens with zero attached hydrogens (tertiary/aromatic N) is 5. The standard InChI is InChI=1S/C19H13F5N6O5/c20-15(21)11(5-25)7-29-18(32)30(28-27-29)12-3-10(6-26-16(12)35-17(31)19(22,23)24)9-1-2-13-14(4-9)34-8-33-13/h1-4,6H,5,7-8,25H2. The number of ether oxygens (including phenoxy) is 3. The summed E-state index contributed by atoms with van der Waals surface area (Å²) in [6, 6.07) is 5.85.